The third-order valence-electron chi connectivity index (χ3n) is 8.08. The van der Waals surface area contributed by atoms with E-state index in [-0.39, 0.29) is 12.3 Å². The van der Waals surface area contributed by atoms with Gasteiger partial charge in [-0.05, 0) is 72.4 Å². The summed E-state index contributed by atoms with van der Waals surface area (Å²) in [4.78, 5) is 50.0. The van der Waals surface area contributed by atoms with Crippen molar-refractivity contribution in [2.45, 2.75) is 65.8 Å². The molecule has 0 aliphatic rings. The molecule has 4 aromatic carbocycles. The number of rotatable bonds is 14. The molecule has 0 unspecified atom stereocenters. The summed E-state index contributed by atoms with van der Waals surface area (Å²) in [6.07, 6.45) is 2.76. The maximum absolute atomic E-state index is 13.0. The number of nitrogens with zero attached hydrogens (tertiary/aromatic N) is 2. The topological polar surface area (TPSA) is 134 Å². The number of carbonyl (C=O) groups is 4. The van der Waals surface area contributed by atoms with Crippen molar-refractivity contribution >= 4 is 35.3 Å². The molecule has 0 heterocycles. The maximum Gasteiger partial charge on any atom is 0.418 e. The van der Waals surface area contributed by atoms with Gasteiger partial charge in [-0.3, -0.25) is 9.59 Å². The second-order valence-corrected chi connectivity index (χ2v) is 11.6. The predicted molar refractivity (Wildman–Crippen MR) is 195 cm³/mol. The molecule has 4 aromatic rings. The second-order valence-electron chi connectivity index (χ2n) is 11.6. The third kappa shape index (κ3) is 10.7. The molecule has 0 bridgehead atoms. The van der Waals surface area contributed by atoms with E-state index < -0.39 is 18.0 Å². The summed E-state index contributed by atoms with van der Waals surface area (Å²) in [7, 11) is 3.10. The van der Waals surface area contributed by atoms with Crippen molar-refractivity contribution < 1.29 is 38.9 Å². The van der Waals surface area contributed by atoms with Crippen molar-refractivity contribution in [1.82, 2.24) is 0 Å². The molecule has 0 atom stereocenters. The standard InChI is InChI=1S/C27H29NO4.C13H17NO4/c1-4-5-12-26(29)28(22-8-6-9-23(17-22)32-3)18-20-13-15-21(16-14-20)24-10-7-11-25(19(24)2)27(30)31;1-3-4-8-12(15)14(13(16)17)10-6-5-7-11(9-10)18-2/h6-11,13-17H,4-5,12,18H2,1-3H3,(H,30,31);5-7,9H,3-4,8H2,1-2H3,(H,16,17). The Bertz CT molecular complexity index is 1750. The summed E-state index contributed by atoms with van der Waals surface area (Å²) in [6, 6.07) is 27.2. The second kappa shape index (κ2) is 19.4. The van der Waals surface area contributed by atoms with Crippen LogP contribution in [0.15, 0.2) is 91.0 Å². The van der Waals surface area contributed by atoms with E-state index in [0.29, 0.717) is 42.1 Å². The zero-order chi connectivity index (χ0) is 36.6. The van der Waals surface area contributed by atoms with Gasteiger partial charge < -0.3 is 24.6 Å². The van der Waals surface area contributed by atoms with Crippen LogP contribution in [0, 0.1) is 6.92 Å². The van der Waals surface area contributed by atoms with Gasteiger partial charge in [0, 0.05) is 30.7 Å². The van der Waals surface area contributed by atoms with Crippen molar-refractivity contribution in [3.63, 3.8) is 0 Å². The van der Waals surface area contributed by atoms with Crippen LogP contribution in [0.1, 0.15) is 73.9 Å². The SMILES string of the molecule is CCCCC(=O)N(C(=O)O)c1cccc(OC)c1.CCCCC(=O)N(Cc1ccc(-c2cccc(C(=O)O)c2C)cc1)c1cccc(OC)c1. The number of carboxylic acids is 1. The molecule has 0 saturated carbocycles. The van der Waals surface area contributed by atoms with Crippen LogP contribution < -0.4 is 19.3 Å². The maximum atomic E-state index is 13.0. The fraction of sp³-hybridized carbons (Fsp3) is 0.300. The quantitative estimate of drug-likeness (QED) is 0.135. The third-order valence-corrected chi connectivity index (χ3v) is 8.08. The van der Waals surface area contributed by atoms with Crippen molar-refractivity contribution in [2.75, 3.05) is 24.0 Å². The molecule has 0 saturated heterocycles. The number of carboxylic acid groups (broad SMARTS) is 2. The van der Waals surface area contributed by atoms with Gasteiger partial charge in [0.2, 0.25) is 11.8 Å². The van der Waals surface area contributed by atoms with Gasteiger partial charge in [0.25, 0.3) is 0 Å². The van der Waals surface area contributed by atoms with Crippen molar-refractivity contribution in [1.29, 1.82) is 0 Å². The molecule has 10 heteroatoms. The number of anilines is 2. The lowest BCUT2D eigenvalue weighted by Gasteiger charge is -2.24. The van der Waals surface area contributed by atoms with Crippen molar-refractivity contribution in [2.24, 2.45) is 0 Å². The van der Waals surface area contributed by atoms with Crippen LogP contribution in [0.25, 0.3) is 11.1 Å². The summed E-state index contributed by atoms with van der Waals surface area (Å²) in [5.41, 5.74) is 4.98. The normalized spacial score (nSPS) is 10.3. The van der Waals surface area contributed by atoms with Crippen molar-refractivity contribution in [3.8, 4) is 22.6 Å². The highest BCUT2D eigenvalue weighted by Crippen LogP contribution is 2.28. The fourth-order valence-electron chi connectivity index (χ4n) is 5.27. The molecule has 0 spiro atoms. The number of unbranched alkanes of at least 4 members (excludes halogenated alkanes) is 2. The minimum Gasteiger partial charge on any atom is -0.497 e. The Morgan fingerprint density at radius 1 is 0.680 bits per heavy atom. The monoisotopic (exact) mass is 682 g/mol. The van der Waals surface area contributed by atoms with E-state index >= 15 is 0 Å². The van der Waals surface area contributed by atoms with Crippen LogP contribution >= 0.6 is 0 Å². The van der Waals surface area contributed by atoms with Gasteiger partial charge in [0.1, 0.15) is 11.5 Å². The van der Waals surface area contributed by atoms with Crippen molar-refractivity contribution in [3.05, 3.63) is 108 Å². The molecule has 50 heavy (non-hydrogen) atoms. The van der Waals surface area contributed by atoms with Gasteiger partial charge in [-0.25, -0.2) is 14.5 Å². The highest BCUT2D eigenvalue weighted by Gasteiger charge is 2.22. The lowest BCUT2D eigenvalue weighted by molar-refractivity contribution is -0.119. The van der Waals surface area contributed by atoms with E-state index in [1.165, 1.54) is 13.2 Å². The molecule has 0 fully saturated rings. The van der Waals surface area contributed by atoms with E-state index in [4.69, 9.17) is 14.6 Å². The largest absolute Gasteiger partial charge is 0.497 e. The highest BCUT2D eigenvalue weighted by molar-refractivity contribution is 6.11. The van der Waals surface area contributed by atoms with Crippen LogP contribution in [-0.2, 0) is 16.1 Å². The smallest absolute Gasteiger partial charge is 0.418 e. The molecule has 4 rings (SSSR count). The Kier molecular flexibility index (Phi) is 15.0. The minimum absolute atomic E-state index is 0.0779. The summed E-state index contributed by atoms with van der Waals surface area (Å²) in [5.74, 6) is -0.0470. The first-order chi connectivity index (χ1) is 24.0. The molecular formula is C40H46N2O8. The Morgan fingerprint density at radius 3 is 1.76 bits per heavy atom. The van der Waals surface area contributed by atoms with Crippen LogP contribution in [0.2, 0.25) is 0 Å². The van der Waals surface area contributed by atoms with Gasteiger partial charge in [0.15, 0.2) is 0 Å². The highest BCUT2D eigenvalue weighted by atomic mass is 16.5. The summed E-state index contributed by atoms with van der Waals surface area (Å²) in [5, 5.41) is 18.5. The minimum atomic E-state index is -1.27. The van der Waals surface area contributed by atoms with Crippen LogP contribution in [0.5, 0.6) is 11.5 Å². The molecule has 0 aliphatic heterocycles. The number of amides is 3. The van der Waals surface area contributed by atoms with E-state index in [2.05, 4.69) is 6.92 Å². The van der Waals surface area contributed by atoms with E-state index in [1.807, 2.05) is 68.4 Å². The van der Waals surface area contributed by atoms with E-state index in [0.717, 1.165) is 52.1 Å². The predicted octanol–water partition coefficient (Wildman–Crippen LogP) is 8.99. The zero-order valence-electron chi connectivity index (χ0n) is 29.3. The van der Waals surface area contributed by atoms with Crippen LogP contribution in [0.4, 0.5) is 16.2 Å². The molecule has 10 nitrogen and oxygen atoms in total. The average molecular weight is 683 g/mol. The number of imide groups is 1. The van der Waals surface area contributed by atoms with E-state index in [1.54, 1.807) is 42.3 Å². The number of hydrogen-bond donors (Lipinski definition) is 2. The number of carbonyl (C=O) groups excluding carboxylic acids is 2. The lowest BCUT2D eigenvalue weighted by atomic mass is 9.96. The van der Waals surface area contributed by atoms with Gasteiger partial charge in [-0.2, -0.15) is 0 Å². The van der Waals surface area contributed by atoms with Gasteiger partial charge in [-0.15, -0.1) is 0 Å². The van der Waals surface area contributed by atoms with Gasteiger partial charge in [-0.1, -0.05) is 75.2 Å². The van der Waals surface area contributed by atoms with Gasteiger partial charge >= 0.3 is 12.1 Å². The Morgan fingerprint density at radius 2 is 1.22 bits per heavy atom. The lowest BCUT2D eigenvalue weighted by Crippen LogP contribution is -2.35. The Labute approximate surface area is 293 Å². The average Bonchev–Trinajstić information content (AvgIpc) is 3.12. The molecule has 0 radical (unpaired) electrons. The molecular weight excluding hydrogens is 636 g/mol. The number of ether oxygens (including phenoxy) is 2. The molecule has 264 valence electrons. The molecule has 0 aliphatic carbocycles. The first-order valence-electron chi connectivity index (χ1n) is 16.6. The summed E-state index contributed by atoms with van der Waals surface area (Å²) < 4.78 is 10.4. The Hall–Kier alpha value is -5.64. The van der Waals surface area contributed by atoms with E-state index in [9.17, 15) is 24.3 Å². The zero-order valence-corrected chi connectivity index (χ0v) is 29.3. The number of methoxy groups -OCH3 is 2. The summed E-state index contributed by atoms with van der Waals surface area (Å²) >= 11 is 0. The first-order valence-corrected chi connectivity index (χ1v) is 16.6. The first kappa shape index (κ1) is 38.8. The Balaban J connectivity index is 0.000000319. The van der Waals surface area contributed by atoms with Crippen LogP contribution in [-0.4, -0.2) is 48.3 Å². The fourth-order valence-corrected chi connectivity index (χ4v) is 5.27. The molecule has 3 amide bonds. The summed E-state index contributed by atoms with van der Waals surface area (Å²) in [6.45, 7) is 6.29. The molecule has 2 N–H and O–H groups in total. The number of aromatic carboxylic acids is 1. The van der Waals surface area contributed by atoms with Crippen LogP contribution in [0.3, 0.4) is 0 Å². The number of benzene rings is 4. The number of hydrogen-bond acceptors (Lipinski definition) is 6. The van der Waals surface area contributed by atoms with Gasteiger partial charge in [0.05, 0.1) is 32.0 Å². The molecule has 0 aromatic heterocycles.